The number of amides is 1. The van der Waals surface area contributed by atoms with E-state index in [1.807, 2.05) is 4.90 Å². The van der Waals surface area contributed by atoms with Gasteiger partial charge >= 0.3 is 0 Å². The van der Waals surface area contributed by atoms with E-state index in [0.717, 1.165) is 19.5 Å². The van der Waals surface area contributed by atoms with Crippen LogP contribution in [0.2, 0.25) is 0 Å². The summed E-state index contributed by atoms with van der Waals surface area (Å²) >= 11 is 0. The van der Waals surface area contributed by atoms with Crippen LogP contribution in [0.1, 0.15) is 111 Å². The summed E-state index contributed by atoms with van der Waals surface area (Å²) in [6, 6.07) is 0. The number of allylic oxidation sites excluding steroid dienone is 2. The number of carbonyl (C=O) groups excluding carboxylic acids is 1. The summed E-state index contributed by atoms with van der Waals surface area (Å²) in [4.78, 5) is 14.3. The molecular formula is C24H45NO2. The molecule has 2 unspecified atom stereocenters. The van der Waals surface area contributed by atoms with Gasteiger partial charge in [0.15, 0.2) is 0 Å². The average Bonchev–Trinajstić information content (AvgIpc) is 2.64. The number of unbranched alkanes of at least 4 members (excludes halogenated alkanes) is 11. The standard InChI is InChI=1S/C24H45NO2/c1-4-5-6-7-8-9-10-11-12-13-14-15-16-17-18-19-24(26)25-20-22(2)27-23(3)21-25/h10-11,22-23H,4-9,12-21H2,1-3H3. The van der Waals surface area contributed by atoms with Gasteiger partial charge in [-0.15, -0.1) is 0 Å². The Morgan fingerprint density at radius 3 is 1.85 bits per heavy atom. The summed E-state index contributed by atoms with van der Waals surface area (Å²) in [6.07, 6.45) is 22.6. The van der Waals surface area contributed by atoms with Gasteiger partial charge in [-0.2, -0.15) is 0 Å². The Balaban J connectivity index is 1.87. The molecule has 0 N–H and O–H groups in total. The van der Waals surface area contributed by atoms with Crippen LogP contribution in [0.25, 0.3) is 0 Å². The zero-order chi connectivity index (χ0) is 19.7. The van der Waals surface area contributed by atoms with Crippen molar-refractivity contribution in [2.75, 3.05) is 13.1 Å². The molecule has 1 aliphatic heterocycles. The molecule has 0 spiro atoms. The quantitative estimate of drug-likeness (QED) is 0.235. The van der Waals surface area contributed by atoms with E-state index in [0.29, 0.717) is 12.3 Å². The van der Waals surface area contributed by atoms with E-state index in [1.165, 1.54) is 77.0 Å². The first kappa shape index (κ1) is 24.2. The van der Waals surface area contributed by atoms with Crippen LogP contribution in [0.15, 0.2) is 12.2 Å². The Labute approximate surface area is 168 Å². The Hall–Kier alpha value is -0.830. The molecule has 0 aromatic rings. The van der Waals surface area contributed by atoms with E-state index < -0.39 is 0 Å². The second-order valence-electron chi connectivity index (χ2n) is 8.39. The minimum atomic E-state index is 0.174. The fourth-order valence-corrected chi connectivity index (χ4v) is 3.89. The van der Waals surface area contributed by atoms with Crippen LogP contribution < -0.4 is 0 Å². The molecule has 3 nitrogen and oxygen atoms in total. The summed E-state index contributed by atoms with van der Waals surface area (Å²) in [5.41, 5.74) is 0. The number of ether oxygens (including phenoxy) is 1. The molecule has 1 amide bonds. The molecular weight excluding hydrogens is 334 g/mol. The predicted octanol–water partition coefficient (Wildman–Crippen LogP) is 6.66. The van der Waals surface area contributed by atoms with E-state index >= 15 is 0 Å². The minimum Gasteiger partial charge on any atom is -0.372 e. The van der Waals surface area contributed by atoms with Gasteiger partial charge < -0.3 is 9.64 Å². The fraction of sp³-hybridized carbons (Fsp3) is 0.875. The molecule has 0 aliphatic carbocycles. The molecule has 158 valence electrons. The zero-order valence-corrected chi connectivity index (χ0v) is 18.4. The smallest absolute Gasteiger partial charge is 0.222 e. The summed E-state index contributed by atoms with van der Waals surface area (Å²) < 4.78 is 5.70. The third-order valence-electron chi connectivity index (χ3n) is 5.42. The third-order valence-corrected chi connectivity index (χ3v) is 5.42. The first-order valence-corrected chi connectivity index (χ1v) is 11.7. The van der Waals surface area contributed by atoms with E-state index in [9.17, 15) is 4.79 Å². The number of nitrogens with zero attached hydrogens (tertiary/aromatic N) is 1. The predicted molar refractivity (Wildman–Crippen MR) is 116 cm³/mol. The van der Waals surface area contributed by atoms with Gasteiger partial charge in [0.1, 0.15) is 0 Å². The molecule has 1 rings (SSSR count). The van der Waals surface area contributed by atoms with Crippen molar-refractivity contribution in [1.29, 1.82) is 0 Å². The van der Waals surface area contributed by atoms with Gasteiger partial charge in [-0.3, -0.25) is 4.79 Å². The molecule has 1 saturated heterocycles. The van der Waals surface area contributed by atoms with Crippen LogP contribution in [-0.4, -0.2) is 36.1 Å². The SMILES string of the molecule is CCCCCCCC=CCCCCCCCCC(=O)N1CC(C)OC(C)C1. The average molecular weight is 380 g/mol. The number of hydrogen-bond donors (Lipinski definition) is 0. The zero-order valence-electron chi connectivity index (χ0n) is 18.4. The molecule has 0 bridgehead atoms. The molecule has 2 atom stereocenters. The van der Waals surface area contributed by atoms with Crippen molar-refractivity contribution in [3.63, 3.8) is 0 Å². The van der Waals surface area contributed by atoms with E-state index in [1.54, 1.807) is 0 Å². The molecule has 3 heteroatoms. The topological polar surface area (TPSA) is 29.5 Å². The van der Waals surface area contributed by atoms with Gasteiger partial charge in [0.25, 0.3) is 0 Å². The molecule has 27 heavy (non-hydrogen) atoms. The number of hydrogen-bond acceptors (Lipinski definition) is 2. The van der Waals surface area contributed by atoms with Gasteiger partial charge in [-0.25, -0.2) is 0 Å². The summed E-state index contributed by atoms with van der Waals surface area (Å²) in [5, 5.41) is 0. The van der Waals surface area contributed by atoms with E-state index in [-0.39, 0.29) is 12.2 Å². The van der Waals surface area contributed by atoms with Crippen LogP contribution in [0.5, 0.6) is 0 Å². The highest BCUT2D eigenvalue weighted by molar-refractivity contribution is 5.76. The lowest BCUT2D eigenvalue weighted by Gasteiger charge is -2.35. The molecule has 0 radical (unpaired) electrons. The summed E-state index contributed by atoms with van der Waals surface area (Å²) in [6.45, 7) is 7.90. The third kappa shape index (κ3) is 13.1. The maximum Gasteiger partial charge on any atom is 0.222 e. The summed E-state index contributed by atoms with van der Waals surface area (Å²) in [7, 11) is 0. The number of rotatable bonds is 15. The Bertz CT molecular complexity index is 384. The lowest BCUT2D eigenvalue weighted by Crippen LogP contribution is -2.48. The van der Waals surface area contributed by atoms with Crippen molar-refractivity contribution in [2.45, 2.75) is 123 Å². The van der Waals surface area contributed by atoms with Crippen molar-refractivity contribution < 1.29 is 9.53 Å². The Kier molecular flexibility index (Phi) is 14.5. The monoisotopic (exact) mass is 379 g/mol. The van der Waals surface area contributed by atoms with E-state index in [2.05, 4.69) is 32.9 Å². The van der Waals surface area contributed by atoms with Crippen molar-refractivity contribution in [2.24, 2.45) is 0 Å². The van der Waals surface area contributed by atoms with E-state index in [4.69, 9.17) is 4.74 Å². The van der Waals surface area contributed by atoms with Crippen LogP contribution in [-0.2, 0) is 9.53 Å². The van der Waals surface area contributed by atoms with Gasteiger partial charge in [0.2, 0.25) is 5.91 Å². The normalized spacial score (nSPS) is 20.5. The number of morpholine rings is 1. The highest BCUT2D eigenvalue weighted by atomic mass is 16.5. The second kappa shape index (κ2) is 16.2. The van der Waals surface area contributed by atoms with Gasteiger partial charge in [0, 0.05) is 19.5 Å². The molecule has 0 saturated carbocycles. The molecule has 1 aliphatic rings. The fourth-order valence-electron chi connectivity index (χ4n) is 3.89. The van der Waals surface area contributed by atoms with Crippen LogP contribution in [0.4, 0.5) is 0 Å². The number of carbonyl (C=O) groups is 1. The molecule has 1 fully saturated rings. The van der Waals surface area contributed by atoms with Crippen LogP contribution in [0.3, 0.4) is 0 Å². The largest absolute Gasteiger partial charge is 0.372 e. The lowest BCUT2D eigenvalue weighted by atomic mass is 10.1. The maximum atomic E-state index is 12.3. The van der Waals surface area contributed by atoms with Crippen LogP contribution >= 0.6 is 0 Å². The Morgan fingerprint density at radius 1 is 0.815 bits per heavy atom. The second-order valence-corrected chi connectivity index (χ2v) is 8.39. The molecule has 0 aromatic carbocycles. The van der Waals surface area contributed by atoms with Gasteiger partial charge in [0.05, 0.1) is 12.2 Å². The van der Waals surface area contributed by atoms with Gasteiger partial charge in [-0.1, -0.05) is 70.4 Å². The Morgan fingerprint density at radius 2 is 1.30 bits per heavy atom. The van der Waals surface area contributed by atoms with Crippen molar-refractivity contribution in [1.82, 2.24) is 4.90 Å². The molecule has 0 aromatic heterocycles. The highest BCUT2D eigenvalue weighted by Gasteiger charge is 2.25. The first-order valence-electron chi connectivity index (χ1n) is 11.7. The van der Waals surface area contributed by atoms with Crippen LogP contribution in [0, 0.1) is 0 Å². The first-order chi connectivity index (χ1) is 13.1. The maximum absolute atomic E-state index is 12.3. The highest BCUT2D eigenvalue weighted by Crippen LogP contribution is 2.14. The van der Waals surface area contributed by atoms with Gasteiger partial charge in [-0.05, 0) is 46.0 Å². The van der Waals surface area contributed by atoms with Crippen molar-refractivity contribution >= 4 is 5.91 Å². The minimum absolute atomic E-state index is 0.174. The van der Waals surface area contributed by atoms with Crippen molar-refractivity contribution in [3.8, 4) is 0 Å². The van der Waals surface area contributed by atoms with Crippen molar-refractivity contribution in [3.05, 3.63) is 12.2 Å². The molecule has 1 heterocycles. The summed E-state index contributed by atoms with van der Waals surface area (Å²) in [5.74, 6) is 0.317. The lowest BCUT2D eigenvalue weighted by molar-refractivity contribution is -0.143.